The molecule has 0 radical (unpaired) electrons. The van der Waals surface area contributed by atoms with Crippen molar-refractivity contribution in [2.75, 3.05) is 0 Å². The molecule has 2 heterocycles. The summed E-state index contributed by atoms with van der Waals surface area (Å²) in [6, 6.07) is 0. The van der Waals surface area contributed by atoms with Crippen molar-refractivity contribution in [1.29, 1.82) is 0 Å². The molecule has 0 saturated heterocycles. The van der Waals surface area contributed by atoms with Gasteiger partial charge in [0, 0.05) is 10.5 Å². The van der Waals surface area contributed by atoms with Crippen LogP contribution in [-0.4, -0.2) is 30.9 Å². The van der Waals surface area contributed by atoms with Gasteiger partial charge in [-0.3, -0.25) is 0 Å². The van der Waals surface area contributed by atoms with Crippen molar-refractivity contribution in [2.24, 2.45) is 0 Å². The number of rotatable bonds is 8. The normalized spacial score (nSPS) is 13.0. The molecule has 0 aliphatic carbocycles. The van der Waals surface area contributed by atoms with Crippen molar-refractivity contribution in [3.8, 4) is 0 Å². The molecule has 0 fully saturated rings. The maximum Gasteiger partial charge on any atom is 0.186 e. The third kappa shape index (κ3) is 6.26. The minimum atomic E-state index is 0.534. The van der Waals surface area contributed by atoms with E-state index >= 15 is 0 Å². The molecule has 1 atom stereocenters. The van der Waals surface area contributed by atoms with E-state index in [1.165, 1.54) is 0 Å². The molecular weight excluding hydrogens is 381 g/mol. The molecule has 2 aromatic rings. The van der Waals surface area contributed by atoms with Crippen LogP contribution in [-0.2, 0) is 0 Å². The molecule has 10 heteroatoms. The quantitative estimate of drug-likeness (QED) is 0.423. The van der Waals surface area contributed by atoms with E-state index in [9.17, 15) is 0 Å². The monoisotopic (exact) mass is 396 g/mol. The highest BCUT2D eigenvalue weighted by molar-refractivity contribution is 8.77. The molecule has 4 nitrogen and oxygen atoms in total. The SMILES string of the molecule is CCC(C)Sc1nnc(SSc2nnc(SC(C)C)s2)s1. The molecule has 116 valence electrons. The Morgan fingerprint density at radius 1 is 0.810 bits per heavy atom. The third-order valence-corrected chi connectivity index (χ3v) is 9.41. The first-order chi connectivity index (χ1) is 10.1. The Hall–Kier alpha value is 0.520. The van der Waals surface area contributed by atoms with Gasteiger partial charge in [0.2, 0.25) is 0 Å². The van der Waals surface area contributed by atoms with Gasteiger partial charge in [0.1, 0.15) is 0 Å². The van der Waals surface area contributed by atoms with Crippen LogP contribution in [0.3, 0.4) is 0 Å². The molecule has 0 N–H and O–H groups in total. The van der Waals surface area contributed by atoms with E-state index in [2.05, 4.69) is 48.1 Å². The standard InChI is InChI=1S/C11H16N4S6/c1-5-7(4)17-9-13-15-11(19-9)21-20-10-14-12-8(18-10)16-6(2)3/h6-7H,5H2,1-4H3. The summed E-state index contributed by atoms with van der Waals surface area (Å²) >= 11 is 6.82. The second kappa shape index (κ2) is 8.97. The zero-order valence-electron chi connectivity index (χ0n) is 12.1. The largest absolute Gasteiger partial charge is 0.186 e. The summed E-state index contributed by atoms with van der Waals surface area (Å²) in [6.45, 7) is 8.71. The Kier molecular flexibility index (Phi) is 7.63. The van der Waals surface area contributed by atoms with E-state index in [0.29, 0.717) is 10.5 Å². The van der Waals surface area contributed by atoms with Crippen LogP contribution in [0, 0.1) is 0 Å². The van der Waals surface area contributed by atoms with Crippen molar-refractivity contribution < 1.29 is 0 Å². The van der Waals surface area contributed by atoms with E-state index in [4.69, 9.17) is 0 Å². The van der Waals surface area contributed by atoms with Crippen molar-refractivity contribution in [2.45, 2.75) is 62.0 Å². The van der Waals surface area contributed by atoms with Crippen molar-refractivity contribution in [3.05, 3.63) is 0 Å². The van der Waals surface area contributed by atoms with E-state index in [1.807, 2.05) is 0 Å². The summed E-state index contributed by atoms with van der Waals surface area (Å²) in [6.07, 6.45) is 1.14. The molecule has 0 spiro atoms. The fourth-order valence-corrected chi connectivity index (χ4v) is 7.94. The second-order valence-electron chi connectivity index (χ2n) is 4.34. The highest BCUT2D eigenvalue weighted by Crippen LogP contribution is 2.43. The summed E-state index contributed by atoms with van der Waals surface area (Å²) < 4.78 is 4.01. The fourth-order valence-electron chi connectivity index (χ4n) is 1.09. The predicted octanol–water partition coefficient (Wildman–Crippen LogP) is 5.58. The first-order valence-electron chi connectivity index (χ1n) is 6.41. The van der Waals surface area contributed by atoms with Gasteiger partial charge in [0.25, 0.3) is 0 Å². The van der Waals surface area contributed by atoms with Gasteiger partial charge in [0.15, 0.2) is 17.4 Å². The lowest BCUT2D eigenvalue weighted by Crippen LogP contribution is -1.90. The van der Waals surface area contributed by atoms with Gasteiger partial charge in [-0.05, 0) is 28.0 Å². The van der Waals surface area contributed by atoms with E-state index < -0.39 is 0 Å². The fraction of sp³-hybridized carbons (Fsp3) is 0.636. The zero-order chi connectivity index (χ0) is 15.2. The summed E-state index contributed by atoms with van der Waals surface area (Å²) in [4.78, 5) is 0. The first kappa shape index (κ1) is 17.9. The molecule has 0 aromatic carbocycles. The molecule has 2 rings (SSSR count). The van der Waals surface area contributed by atoms with Crippen molar-refractivity contribution >= 4 is 67.8 Å². The average molecular weight is 397 g/mol. The van der Waals surface area contributed by atoms with Gasteiger partial charge in [-0.2, -0.15) is 0 Å². The van der Waals surface area contributed by atoms with Gasteiger partial charge in [-0.25, -0.2) is 0 Å². The lowest BCUT2D eigenvalue weighted by Gasteiger charge is -2.02. The van der Waals surface area contributed by atoms with Crippen LogP contribution in [0.1, 0.15) is 34.1 Å². The molecule has 21 heavy (non-hydrogen) atoms. The van der Waals surface area contributed by atoms with Crippen LogP contribution in [0.2, 0.25) is 0 Å². The highest BCUT2D eigenvalue weighted by Gasteiger charge is 2.12. The number of nitrogens with zero attached hydrogens (tertiary/aromatic N) is 4. The van der Waals surface area contributed by atoms with Gasteiger partial charge >= 0.3 is 0 Å². The summed E-state index contributed by atoms with van der Waals surface area (Å²) in [5.74, 6) is 0. The third-order valence-electron chi connectivity index (χ3n) is 2.17. The maximum absolute atomic E-state index is 4.22. The van der Waals surface area contributed by atoms with Gasteiger partial charge in [0.05, 0.1) is 0 Å². The number of thioether (sulfide) groups is 2. The minimum absolute atomic E-state index is 0.534. The number of hydrogen-bond donors (Lipinski definition) is 0. The molecular formula is C11H16N4S6. The van der Waals surface area contributed by atoms with Gasteiger partial charge in [-0.1, -0.05) is 73.9 Å². The molecule has 0 saturated carbocycles. The van der Waals surface area contributed by atoms with Crippen LogP contribution < -0.4 is 0 Å². The van der Waals surface area contributed by atoms with E-state index in [1.54, 1.807) is 67.8 Å². The summed E-state index contributed by atoms with van der Waals surface area (Å²) in [7, 11) is 3.21. The van der Waals surface area contributed by atoms with Crippen LogP contribution in [0.15, 0.2) is 17.4 Å². The molecule has 2 aromatic heterocycles. The summed E-state index contributed by atoms with van der Waals surface area (Å²) in [5.41, 5.74) is 0. The highest BCUT2D eigenvalue weighted by atomic mass is 33.1. The predicted molar refractivity (Wildman–Crippen MR) is 98.1 cm³/mol. The topological polar surface area (TPSA) is 51.6 Å². The Morgan fingerprint density at radius 2 is 1.29 bits per heavy atom. The maximum atomic E-state index is 4.22. The van der Waals surface area contributed by atoms with E-state index in [-0.39, 0.29) is 0 Å². The first-order valence-corrected chi connectivity index (χ1v) is 12.0. The Morgan fingerprint density at radius 3 is 1.76 bits per heavy atom. The van der Waals surface area contributed by atoms with Crippen LogP contribution in [0.5, 0.6) is 0 Å². The number of hydrogen-bond acceptors (Lipinski definition) is 10. The summed E-state index contributed by atoms with van der Waals surface area (Å²) in [5, 5.41) is 17.9. The smallest absolute Gasteiger partial charge is 0.131 e. The molecule has 0 bridgehead atoms. The lowest BCUT2D eigenvalue weighted by atomic mass is 10.4. The Balaban J connectivity index is 1.84. The van der Waals surface area contributed by atoms with Crippen LogP contribution in [0.25, 0.3) is 0 Å². The lowest BCUT2D eigenvalue weighted by molar-refractivity contribution is 0.895. The molecule has 1 unspecified atom stereocenters. The zero-order valence-corrected chi connectivity index (χ0v) is 17.0. The van der Waals surface area contributed by atoms with E-state index in [0.717, 1.165) is 23.8 Å². The molecule has 0 aliphatic heterocycles. The van der Waals surface area contributed by atoms with Crippen LogP contribution >= 0.6 is 67.8 Å². The minimum Gasteiger partial charge on any atom is -0.131 e. The van der Waals surface area contributed by atoms with Crippen LogP contribution in [0.4, 0.5) is 0 Å². The number of aromatic nitrogens is 4. The Bertz CT molecular complexity index is 554. The van der Waals surface area contributed by atoms with Gasteiger partial charge in [-0.15, -0.1) is 20.4 Å². The second-order valence-corrected chi connectivity index (χ2v) is 12.4. The van der Waals surface area contributed by atoms with Crippen molar-refractivity contribution in [3.63, 3.8) is 0 Å². The molecule has 0 amide bonds. The van der Waals surface area contributed by atoms with Gasteiger partial charge < -0.3 is 0 Å². The molecule has 0 aliphatic rings. The average Bonchev–Trinajstić information content (AvgIpc) is 3.05. The van der Waals surface area contributed by atoms with Crippen molar-refractivity contribution in [1.82, 2.24) is 20.4 Å². The Labute approximate surface area is 149 Å².